The average molecular weight is 175 g/mol. The predicted octanol–water partition coefficient (Wildman–Crippen LogP) is 0.449. The quantitative estimate of drug-likeness (QED) is 0.428. The molecule has 0 spiro atoms. The first-order chi connectivity index (χ1) is 4.76. The van der Waals surface area contributed by atoms with E-state index < -0.39 is 23.8 Å². The Balaban J connectivity index is 4.82. The second-order valence-corrected chi connectivity index (χ2v) is 1.41. The second kappa shape index (κ2) is 2.85. The Morgan fingerprint density at radius 2 is 1.55 bits per heavy atom. The topological polar surface area (TPSA) is 40.1 Å². The minimum atomic E-state index is -5.62. The summed E-state index contributed by atoms with van der Waals surface area (Å²) in [5.41, 5.74) is 0. The van der Waals surface area contributed by atoms with Gasteiger partial charge in [-0.05, 0) is 0 Å². The van der Waals surface area contributed by atoms with Crippen molar-refractivity contribution >= 4 is 5.97 Å². The number of carbonyl (C=O) groups excluding carboxylic acids is 1. The average Bonchev–Trinajstić information content (AvgIpc) is 1.82. The minimum Gasteiger partial charge on any atom is -0.542 e. The van der Waals surface area contributed by atoms with Crippen LogP contribution in [0.1, 0.15) is 0 Å². The standard InChI is InChI=1S/C4HF5O2/c5-1(3(10)11)2(6)4(7,8)9/h(H,10,11)/p-1/b2-1-. The van der Waals surface area contributed by atoms with Gasteiger partial charge in [-0.15, -0.1) is 0 Å². The van der Waals surface area contributed by atoms with Crippen LogP contribution in [0.25, 0.3) is 0 Å². The van der Waals surface area contributed by atoms with Gasteiger partial charge in [-0.25, -0.2) is 4.39 Å². The monoisotopic (exact) mass is 175 g/mol. The van der Waals surface area contributed by atoms with Crippen LogP contribution in [0.2, 0.25) is 0 Å². The number of alkyl halides is 3. The molecule has 0 bridgehead atoms. The van der Waals surface area contributed by atoms with Crippen LogP contribution < -0.4 is 5.11 Å². The highest BCUT2D eigenvalue weighted by Gasteiger charge is 2.38. The molecular weight excluding hydrogens is 175 g/mol. The molecule has 2 nitrogen and oxygen atoms in total. The molecule has 0 aromatic rings. The van der Waals surface area contributed by atoms with Gasteiger partial charge in [-0.3, -0.25) is 0 Å². The van der Waals surface area contributed by atoms with Crippen molar-refractivity contribution in [3.8, 4) is 0 Å². The molecule has 11 heavy (non-hydrogen) atoms. The Kier molecular flexibility index (Phi) is 2.55. The van der Waals surface area contributed by atoms with Gasteiger partial charge in [-0.2, -0.15) is 17.6 Å². The molecule has 0 aliphatic heterocycles. The van der Waals surface area contributed by atoms with Crippen molar-refractivity contribution < 1.29 is 31.9 Å². The Morgan fingerprint density at radius 1 is 1.18 bits per heavy atom. The van der Waals surface area contributed by atoms with Gasteiger partial charge < -0.3 is 9.90 Å². The molecule has 0 aromatic heterocycles. The highest BCUT2D eigenvalue weighted by atomic mass is 19.4. The van der Waals surface area contributed by atoms with E-state index >= 15 is 0 Å². The second-order valence-electron chi connectivity index (χ2n) is 1.41. The Labute approximate surface area is 56.9 Å². The molecule has 0 saturated carbocycles. The van der Waals surface area contributed by atoms with E-state index in [1.807, 2.05) is 0 Å². The number of carboxylic acids is 1. The van der Waals surface area contributed by atoms with Gasteiger partial charge >= 0.3 is 6.18 Å². The molecule has 0 fully saturated rings. The van der Waals surface area contributed by atoms with Crippen molar-refractivity contribution in [2.24, 2.45) is 0 Å². The summed E-state index contributed by atoms with van der Waals surface area (Å²) in [4.78, 5) is 9.30. The summed E-state index contributed by atoms with van der Waals surface area (Å²) in [6.45, 7) is 0. The maximum Gasteiger partial charge on any atom is 0.446 e. The molecule has 0 rings (SSSR count). The molecular formula is C4F5O2-. The fourth-order valence-electron chi connectivity index (χ4n) is 0.214. The fourth-order valence-corrected chi connectivity index (χ4v) is 0.214. The number of carbonyl (C=O) groups is 1. The molecule has 0 unspecified atom stereocenters. The van der Waals surface area contributed by atoms with Crippen LogP contribution in [0, 0.1) is 0 Å². The van der Waals surface area contributed by atoms with E-state index in [2.05, 4.69) is 0 Å². The van der Waals surface area contributed by atoms with Crippen LogP contribution in [0.5, 0.6) is 0 Å². The highest BCUT2D eigenvalue weighted by molar-refractivity contribution is 5.82. The van der Waals surface area contributed by atoms with Gasteiger partial charge in [0.15, 0.2) is 5.83 Å². The third kappa shape index (κ3) is 2.52. The van der Waals surface area contributed by atoms with Gasteiger partial charge in [0.05, 0.1) is 0 Å². The van der Waals surface area contributed by atoms with Crippen molar-refractivity contribution in [1.29, 1.82) is 0 Å². The number of carboxylic acid groups (broad SMARTS) is 1. The fraction of sp³-hybridized carbons (Fsp3) is 0.250. The summed E-state index contributed by atoms with van der Waals surface area (Å²) in [6.07, 6.45) is -5.62. The van der Waals surface area contributed by atoms with Gasteiger partial charge in [0.2, 0.25) is 5.83 Å². The predicted molar refractivity (Wildman–Crippen MR) is 20.3 cm³/mol. The molecule has 0 N–H and O–H groups in total. The summed E-state index contributed by atoms with van der Waals surface area (Å²) >= 11 is 0. The molecule has 0 atom stereocenters. The smallest absolute Gasteiger partial charge is 0.446 e. The van der Waals surface area contributed by atoms with E-state index in [9.17, 15) is 31.9 Å². The van der Waals surface area contributed by atoms with Crippen molar-refractivity contribution in [1.82, 2.24) is 0 Å². The van der Waals surface area contributed by atoms with Gasteiger partial charge in [-0.1, -0.05) is 0 Å². The van der Waals surface area contributed by atoms with Gasteiger partial charge in [0.25, 0.3) is 0 Å². The lowest BCUT2D eigenvalue weighted by atomic mass is 10.4. The van der Waals surface area contributed by atoms with Gasteiger partial charge in [0, 0.05) is 0 Å². The molecule has 0 aliphatic rings. The highest BCUT2D eigenvalue weighted by Crippen LogP contribution is 2.29. The first-order valence-corrected chi connectivity index (χ1v) is 2.10. The number of rotatable bonds is 1. The summed E-state index contributed by atoms with van der Waals surface area (Å²) in [6, 6.07) is 0. The third-order valence-corrected chi connectivity index (χ3v) is 0.621. The van der Waals surface area contributed by atoms with Crippen LogP contribution in [-0.4, -0.2) is 12.1 Å². The van der Waals surface area contributed by atoms with Crippen molar-refractivity contribution in [2.75, 3.05) is 0 Å². The zero-order valence-electron chi connectivity index (χ0n) is 4.71. The molecule has 0 heterocycles. The summed E-state index contributed by atoms with van der Waals surface area (Å²) in [5, 5.41) is 9.30. The Hall–Kier alpha value is -1.14. The molecule has 7 heteroatoms. The largest absolute Gasteiger partial charge is 0.542 e. The van der Waals surface area contributed by atoms with Crippen LogP contribution in [-0.2, 0) is 4.79 Å². The first-order valence-electron chi connectivity index (χ1n) is 2.10. The van der Waals surface area contributed by atoms with E-state index in [-0.39, 0.29) is 0 Å². The van der Waals surface area contributed by atoms with Crippen molar-refractivity contribution in [2.45, 2.75) is 6.18 Å². The number of aliphatic carboxylic acids is 1. The minimum absolute atomic E-state index is 2.83. The van der Waals surface area contributed by atoms with Gasteiger partial charge in [0.1, 0.15) is 5.97 Å². The molecule has 0 radical (unpaired) electrons. The number of hydrogen-bond acceptors (Lipinski definition) is 2. The van der Waals surface area contributed by atoms with E-state index in [0.29, 0.717) is 0 Å². The van der Waals surface area contributed by atoms with Crippen LogP contribution in [0.15, 0.2) is 11.7 Å². The van der Waals surface area contributed by atoms with E-state index in [0.717, 1.165) is 0 Å². The molecule has 0 aromatic carbocycles. The zero-order valence-corrected chi connectivity index (χ0v) is 4.71. The van der Waals surface area contributed by atoms with Crippen molar-refractivity contribution in [3.63, 3.8) is 0 Å². The van der Waals surface area contributed by atoms with Crippen LogP contribution >= 0.6 is 0 Å². The van der Waals surface area contributed by atoms with E-state index in [1.54, 1.807) is 0 Å². The molecule has 0 saturated heterocycles. The maximum atomic E-state index is 11.5. The zero-order chi connectivity index (χ0) is 9.23. The number of allylic oxidation sites excluding steroid dienone is 1. The number of hydrogen-bond donors (Lipinski definition) is 0. The van der Waals surface area contributed by atoms with E-state index in [4.69, 9.17) is 0 Å². The normalized spacial score (nSPS) is 14.3. The Bertz CT molecular complexity index is 203. The maximum absolute atomic E-state index is 11.5. The van der Waals surface area contributed by atoms with Crippen molar-refractivity contribution in [3.05, 3.63) is 11.7 Å². The Morgan fingerprint density at radius 3 is 1.64 bits per heavy atom. The van der Waals surface area contributed by atoms with Crippen LogP contribution in [0.4, 0.5) is 22.0 Å². The first kappa shape index (κ1) is 9.86. The number of halogens is 5. The lowest BCUT2D eigenvalue weighted by Crippen LogP contribution is -2.25. The molecule has 64 valence electrons. The van der Waals surface area contributed by atoms with Crippen LogP contribution in [0.3, 0.4) is 0 Å². The lowest BCUT2D eigenvalue weighted by Gasteiger charge is -2.04. The SMILES string of the molecule is O=C([O-])/C(F)=C(/F)C(F)(F)F. The van der Waals surface area contributed by atoms with E-state index in [1.165, 1.54) is 0 Å². The lowest BCUT2D eigenvalue weighted by molar-refractivity contribution is -0.302. The molecule has 0 amide bonds. The third-order valence-electron chi connectivity index (χ3n) is 0.621. The summed E-state index contributed by atoms with van der Waals surface area (Å²) in [7, 11) is 0. The summed E-state index contributed by atoms with van der Waals surface area (Å²) < 4.78 is 56.3. The molecule has 0 aliphatic carbocycles. The summed E-state index contributed by atoms with van der Waals surface area (Å²) in [5.74, 6) is -9.07.